The first kappa shape index (κ1) is 9.07. The first-order valence-corrected chi connectivity index (χ1v) is 5.37. The van der Waals surface area contributed by atoms with Crippen LogP contribution in [0.4, 0.5) is 0 Å². The lowest BCUT2D eigenvalue weighted by molar-refractivity contribution is -0.127. The Morgan fingerprint density at radius 1 is 1.73 bits per heavy atom. The first-order chi connectivity index (χ1) is 5.34. The number of carbonyl (C=O) groups excluding carboxylic acids is 1. The minimum absolute atomic E-state index is 0.0675. The van der Waals surface area contributed by atoms with Crippen LogP contribution in [0.25, 0.3) is 0 Å². The Morgan fingerprint density at radius 3 is 3.09 bits per heavy atom. The molecule has 1 aliphatic heterocycles. The minimum Gasteiger partial charge on any atom is -0.370 e. The standard InChI is InChI=1S/C8H14O2S/c1-11-6-4-7(9)8-3-2-5-10-8/h8H,2-6H2,1H3. The number of hydrogen-bond acceptors (Lipinski definition) is 3. The molecule has 64 valence electrons. The zero-order valence-corrected chi connectivity index (χ0v) is 7.65. The Bertz CT molecular complexity index is 130. The van der Waals surface area contributed by atoms with Gasteiger partial charge < -0.3 is 4.74 Å². The molecule has 0 aliphatic carbocycles. The first-order valence-electron chi connectivity index (χ1n) is 3.98. The van der Waals surface area contributed by atoms with Gasteiger partial charge in [-0.1, -0.05) is 0 Å². The number of carbonyl (C=O) groups is 1. The molecule has 1 aliphatic rings. The lowest BCUT2D eigenvalue weighted by Gasteiger charge is -2.06. The van der Waals surface area contributed by atoms with Gasteiger partial charge in [-0.2, -0.15) is 11.8 Å². The molecular formula is C8H14O2S. The monoisotopic (exact) mass is 174 g/mol. The van der Waals surface area contributed by atoms with E-state index in [1.54, 1.807) is 11.8 Å². The number of Topliss-reactive ketones (excluding diaryl/α,β-unsaturated/α-hetero) is 1. The predicted molar refractivity (Wildman–Crippen MR) is 47.0 cm³/mol. The fraction of sp³-hybridized carbons (Fsp3) is 0.875. The van der Waals surface area contributed by atoms with Crippen molar-refractivity contribution in [2.45, 2.75) is 25.4 Å². The van der Waals surface area contributed by atoms with Gasteiger partial charge in [0.2, 0.25) is 0 Å². The Hall–Kier alpha value is -0.0200. The number of hydrogen-bond donors (Lipinski definition) is 0. The molecule has 0 amide bonds. The van der Waals surface area contributed by atoms with Crippen LogP contribution >= 0.6 is 11.8 Å². The Balaban J connectivity index is 2.17. The van der Waals surface area contributed by atoms with E-state index in [1.165, 1.54) is 0 Å². The molecule has 2 nitrogen and oxygen atoms in total. The maximum atomic E-state index is 11.3. The minimum atomic E-state index is -0.0675. The molecule has 1 rings (SSSR count). The molecule has 0 radical (unpaired) electrons. The lowest BCUT2D eigenvalue weighted by atomic mass is 10.1. The Morgan fingerprint density at radius 2 is 2.55 bits per heavy atom. The van der Waals surface area contributed by atoms with E-state index in [-0.39, 0.29) is 11.9 Å². The van der Waals surface area contributed by atoms with Gasteiger partial charge in [-0.05, 0) is 24.9 Å². The molecule has 11 heavy (non-hydrogen) atoms. The summed E-state index contributed by atoms with van der Waals surface area (Å²) in [4.78, 5) is 11.3. The second-order valence-corrected chi connectivity index (χ2v) is 3.70. The van der Waals surface area contributed by atoms with Gasteiger partial charge in [-0.3, -0.25) is 4.79 Å². The van der Waals surface area contributed by atoms with E-state index in [9.17, 15) is 4.79 Å². The van der Waals surface area contributed by atoms with Crippen LogP contribution in [-0.4, -0.2) is 30.5 Å². The summed E-state index contributed by atoms with van der Waals surface area (Å²) in [6.45, 7) is 0.773. The predicted octanol–water partition coefficient (Wildman–Crippen LogP) is 1.49. The summed E-state index contributed by atoms with van der Waals surface area (Å²) >= 11 is 1.71. The average molecular weight is 174 g/mol. The molecule has 0 aromatic carbocycles. The highest BCUT2D eigenvalue weighted by Gasteiger charge is 2.22. The lowest BCUT2D eigenvalue weighted by Crippen LogP contribution is -2.19. The van der Waals surface area contributed by atoms with Crippen LogP contribution in [0.5, 0.6) is 0 Å². The van der Waals surface area contributed by atoms with Crippen LogP contribution in [-0.2, 0) is 9.53 Å². The molecule has 1 atom stereocenters. The van der Waals surface area contributed by atoms with Gasteiger partial charge >= 0.3 is 0 Å². The normalized spacial score (nSPS) is 23.9. The molecular weight excluding hydrogens is 160 g/mol. The van der Waals surface area contributed by atoms with Crippen molar-refractivity contribution in [1.29, 1.82) is 0 Å². The van der Waals surface area contributed by atoms with Crippen LogP contribution in [0.1, 0.15) is 19.3 Å². The average Bonchev–Trinajstić information content (AvgIpc) is 2.52. The molecule has 0 aromatic heterocycles. The van der Waals surface area contributed by atoms with Crippen molar-refractivity contribution < 1.29 is 9.53 Å². The molecule has 0 N–H and O–H groups in total. The zero-order valence-electron chi connectivity index (χ0n) is 6.84. The molecule has 0 bridgehead atoms. The van der Waals surface area contributed by atoms with Crippen LogP contribution in [0.15, 0.2) is 0 Å². The van der Waals surface area contributed by atoms with E-state index in [1.807, 2.05) is 6.26 Å². The van der Waals surface area contributed by atoms with Gasteiger partial charge in [0.15, 0.2) is 5.78 Å². The van der Waals surface area contributed by atoms with Crippen molar-refractivity contribution >= 4 is 17.5 Å². The Labute approximate surface area is 71.7 Å². The van der Waals surface area contributed by atoms with E-state index in [0.717, 1.165) is 25.2 Å². The van der Waals surface area contributed by atoms with Gasteiger partial charge in [0, 0.05) is 13.0 Å². The Kier molecular flexibility index (Phi) is 3.94. The van der Waals surface area contributed by atoms with Crippen LogP contribution < -0.4 is 0 Å². The number of ether oxygens (including phenoxy) is 1. The van der Waals surface area contributed by atoms with E-state index in [0.29, 0.717) is 6.42 Å². The quantitative estimate of drug-likeness (QED) is 0.646. The largest absolute Gasteiger partial charge is 0.370 e. The van der Waals surface area contributed by atoms with Crippen molar-refractivity contribution in [1.82, 2.24) is 0 Å². The smallest absolute Gasteiger partial charge is 0.162 e. The van der Waals surface area contributed by atoms with Gasteiger partial charge in [0.05, 0.1) is 0 Å². The highest BCUT2D eigenvalue weighted by molar-refractivity contribution is 7.98. The van der Waals surface area contributed by atoms with E-state index in [4.69, 9.17) is 4.74 Å². The second kappa shape index (κ2) is 4.78. The fourth-order valence-electron chi connectivity index (χ4n) is 1.20. The summed E-state index contributed by atoms with van der Waals surface area (Å²) in [5.74, 6) is 1.22. The SMILES string of the molecule is CSCCC(=O)C1CCCO1. The fourth-order valence-corrected chi connectivity index (χ4v) is 1.60. The summed E-state index contributed by atoms with van der Waals surface area (Å²) in [5.41, 5.74) is 0. The highest BCUT2D eigenvalue weighted by Crippen LogP contribution is 2.14. The van der Waals surface area contributed by atoms with E-state index < -0.39 is 0 Å². The van der Waals surface area contributed by atoms with Crippen molar-refractivity contribution in [3.05, 3.63) is 0 Å². The summed E-state index contributed by atoms with van der Waals surface area (Å²) in [6, 6.07) is 0. The number of thioether (sulfide) groups is 1. The number of ketones is 1. The van der Waals surface area contributed by atoms with Crippen molar-refractivity contribution in [2.24, 2.45) is 0 Å². The maximum absolute atomic E-state index is 11.3. The molecule has 0 saturated carbocycles. The summed E-state index contributed by atoms with van der Waals surface area (Å²) < 4.78 is 5.25. The van der Waals surface area contributed by atoms with Crippen molar-refractivity contribution in [3.63, 3.8) is 0 Å². The van der Waals surface area contributed by atoms with E-state index in [2.05, 4.69) is 0 Å². The number of rotatable bonds is 4. The molecule has 0 aromatic rings. The van der Waals surface area contributed by atoms with Gasteiger partial charge in [0.1, 0.15) is 6.10 Å². The van der Waals surface area contributed by atoms with Crippen LogP contribution in [0.3, 0.4) is 0 Å². The van der Waals surface area contributed by atoms with Crippen LogP contribution in [0, 0.1) is 0 Å². The summed E-state index contributed by atoms with van der Waals surface area (Å²) in [5, 5.41) is 0. The third kappa shape index (κ3) is 2.83. The summed E-state index contributed by atoms with van der Waals surface area (Å²) in [6.07, 6.45) is 4.61. The van der Waals surface area contributed by atoms with E-state index >= 15 is 0 Å². The molecule has 1 heterocycles. The molecule has 1 unspecified atom stereocenters. The molecule has 0 spiro atoms. The molecule has 1 saturated heterocycles. The topological polar surface area (TPSA) is 26.3 Å². The summed E-state index contributed by atoms with van der Waals surface area (Å²) in [7, 11) is 0. The highest BCUT2D eigenvalue weighted by atomic mass is 32.2. The van der Waals surface area contributed by atoms with Crippen molar-refractivity contribution in [3.8, 4) is 0 Å². The third-order valence-corrected chi connectivity index (χ3v) is 2.45. The maximum Gasteiger partial charge on any atom is 0.162 e. The molecule has 1 fully saturated rings. The van der Waals surface area contributed by atoms with Gasteiger partial charge in [-0.15, -0.1) is 0 Å². The van der Waals surface area contributed by atoms with Gasteiger partial charge in [-0.25, -0.2) is 0 Å². The van der Waals surface area contributed by atoms with Crippen LogP contribution in [0.2, 0.25) is 0 Å². The van der Waals surface area contributed by atoms with Crippen molar-refractivity contribution in [2.75, 3.05) is 18.6 Å². The second-order valence-electron chi connectivity index (χ2n) is 2.71. The third-order valence-electron chi connectivity index (χ3n) is 1.84. The zero-order chi connectivity index (χ0) is 8.10. The van der Waals surface area contributed by atoms with Gasteiger partial charge in [0.25, 0.3) is 0 Å². The molecule has 3 heteroatoms.